The monoisotopic (exact) mass is 198 g/mol. The predicted molar refractivity (Wildman–Crippen MR) is 36.3 cm³/mol. The van der Waals surface area contributed by atoms with Crippen LogP contribution in [0.4, 0.5) is 13.2 Å². The Kier molecular flexibility index (Phi) is 2.49. The summed E-state index contributed by atoms with van der Waals surface area (Å²) < 4.78 is 34.5. The summed E-state index contributed by atoms with van der Waals surface area (Å²) in [4.78, 5) is 14.8. The maximum atomic E-state index is 11.5. The Labute approximate surface area is 72.2 Å². The molecule has 0 aliphatic heterocycles. The first-order chi connectivity index (χ1) is 5.83. The van der Waals surface area contributed by atoms with Crippen LogP contribution in [0.3, 0.4) is 0 Å². The summed E-state index contributed by atoms with van der Waals surface area (Å²) in [7, 11) is 0. The van der Waals surface area contributed by atoms with Crippen LogP contribution in [0.1, 0.15) is 12.8 Å². The number of hydrogen-bond donors (Lipinski definition) is 2. The second kappa shape index (κ2) is 3.15. The highest BCUT2D eigenvalue weighted by molar-refractivity contribution is 5.88. The van der Waals surface area contributed by atoms with Crippen molar-refractivity contribution in [1.82, 2.24) is 5.48 Å². The van der Waals surface area contributed by atoms with Crippen LogP contribution in [-0.4, -0.2) is 24.2 Å². The number of nitrogens with one attached hydrogen (secondary N) is 1. The molecule has 0 aromatic heterocycles. The Balaban J connectivity index is 2.16. The second-order valence-corrected chi connectivity index (χ2v) is 2.99. The molecule has 1 saturated carbocycles. The van der Waals surface area contributed by atoms with E-state index in [9.17, 15) is 18.0 Å². The van der Waals surface area contributed by atoms with Gasteiger partial charge in [0.15, 0.2) is 6.61 Å². The van der Waals surface area contributed by atoms with Gasteiger partial charge in [-0.15, -0.1) is 0 Å². The number of rotatable bonds is 3. The highest BCUT2D eigenvalue weighted by atomic mass is 19.4. The van der Waals surface area contributed by atoms with Gasteiger partial charge in [-0.2, -0.15) is 13.2 Å². The Hall–Kier alpha value is -0.820. The van der Waals surface area contributed by atoms with Crippen LogP contribution in [0, 0.1) is 0 Å². The summed E-state index contributed by atoms with van der Waals surface area (Å²) in [6.45, 7) is -1.51. The molecule has 1 rings (SSSR count). The smallest absolute Gasteiger partial charge is 0.317 e. The molecule has 4 nitrogen and oxygen atoms in total. The minimum absolute atomic E-state index is 0.480. The molecular weight excluding hydrogens is 189 g/mol. The average molecular weight is 198 g/mol. The number of hydroxylamine groups is 1. The van der Waals surface area contributed by atoms with Gasteiger partial charge >= 0.3 is 6.18 Å². The highest BCUT2D eigenvalue weighted by Crippen LogP contribution is 2.32. The van der Waals surface area contributed by atoms with Crippen LogP contribution in [0.5, 0.6) is 0 Å². The van der Waals surface area contributed by atoms with Crippen molar-refractivity contribution < 1.29 is 22.8 Å². The molecule has 0 radical (unpaired) electrons. The van der Waals surface area contributed by atoms with Crippen molar-refractivity contribution in [1.29, 1.82) is 0 Å². The largest absolute Gasteiger partial charge is 0.414 e. The third kappa shape index (κ3) is 3.19. The van der Waals surface area contributed by atoms with Crippen LogP contribution < -0.4 is 11.2 Å². The van der Waals surface area contributed by atoms with E-state index >= 15 is 0 Å². The zero-order valence-electron chi connectivity index (χ0n) is 6.65. The molecule has 1 aliphatic rings. The van der Waals surface area contributed by atoms with Crippen molar-refractivity contribution in [3.05, 3.63) is 0 Å². The molecule has 3 N–H and O–H groups in total. The normalized spacial score (nSPS) is 19.7. The van der Waals surface area contributed by atoms with E-state index in [0.717, 1.165) is 0 Å². The molecule has 0 heterocycles. The lowest BCUT2D eigenvalue weighted by molar-refractivity contribution is -0.192. The SMILES string of the molecule is NC1(C(=O)NOCC(F)(F)F)CC1. The molecule has 1 aliphatic carbocycles. The van der Waals surface area contributed by atoms with Gasteiger partial charge in [0.25, 0.3) is 5.91 Å². The Morgan fingerprint density at radius 3 is 2.46 bits per heavy atom. The summed E-state index contributed by atoms with van der Waals surface area (Å²) in [5.74, 6) is -0.697. The minimum atomic E-state index is -4.45. The summed E-state index contributed by atoms with van der Waals surface area (Å²) in [5.41, 5.74) is 6.02. The van der Waals surface area contributed by atoms with Crippen molar-refractivity contribution in [3.8, 4) is 0 Å². The zero-order valence-corrected chi connectivity index (χ0v) is 6.65. The summed E-state index contributed by atoms with van der Waals surface area (Å²) in [6, 6.07) is 0. The van der Waals surface area contributed by atoms with Crippen LogP contribution >= 0.6 is 0 Å². The molecule has 1 amide bonds. The van der Waals surface area contributed by atoms with Crippen LogP contribution in [0.2, 0.25) is 0 Å². The van der Waals surface area contributed by atoms with E-state index in [-0.39, 0.29) is 0 Å². The van der Waals surface area contributed by atoms with Gasteiger partial charge in [-0.25, -0.2) is 5.48 Å². The van der Waals surface area contributed by atoms with Gasteiger partial charge in [-0.1, -0.05) is 0 Å². The van der Waals surface area contributed by atoms with E-state index < -0.39 is 24.2 Å². The van der Waals surface area contributed by atoms with Crippen molar-refractivity contribution in [2.24, 2.45) is 5.73 Å². The zero-order chi connectivity index (χ0) is 10.1. The number of hydrogen-bond acceptors (Lipinski definition) is 3. The molecule has 13 heavy (non-hydrogen) atoms. The third-order valence-electron chi connectivity index (χ3n) is 1.64. The number of alkyl halides is 3. The summed E-state index contributed by atoms with van der Waals surface area (Å²) in [6.07, 6.45) is -3.49. The van der Waals surface area contributed by atoms with Gasteiger partial charge in [-0.3, -0.25) is 9.63 Å². The van der Waals surface area contributed by atoms with E-state index in [1.165, 1.54) is 0 Å². The van der Waals surface area contributed by atoms with Crippen LogP contribution in [0.25, 0.3) is 0 Å². The van der Waals surface area contributed by atoms with Gasteiger partial charge < -0.3 is 5.73 Å². The molecule has 0 unspecified atom stereocenters. The van der Waals surface area contributed by atoms with E-state index in [1.807, 2.05) is 0 Å². The molecule has 0 spiro atoms. The maximum Gasteiger partial charge on any atom is 0.414 e. The van der Waals surface area contributed by atoms with Gasteiger partial charge in [0.1, 0.15) is 0 Å². The molecule has 0 atom stereocenters. The molecule has 1 fully saturated rings. The first kappa shape index (κ1) is 10.3. The first-order valence-corrected chi connectivity index (χ1v) is 3.61. The molecule has 0 bridgehead atoms. The molecule has 0 aromatic carbocycles. The Morgan fingerprint density at radius 2 is 2.08 bits per heavy atom. The van der Waals surface area contributed by atoms with Crippen molar-refractivity contribution >= 4 is 5.91 Å². The second-order valence-electron chi connectivity index (χ2n) is 2.99. The molecular formula is C6H9F3N2O2. The third-order valence-corrected chi connectivity index (χ3v) is 1.64. The summed E-state index contributed by atoms with van der Waals surface area (Å²) >= 11 is 0. The lowest BCUT2D eigenvalue weighted by Crippen LogP contribution is -2.43. The number of halogens is 3. The summed E-state index contributed by atoms with van der Waals surface area (Å²) in [5, 5.41) is 0. The number of carbonyl (C=O) groups excluding carboxylic acids is 1. The highest BCUT2D eigenvalue weighted by Gasteiger charge is 2.46. The fourth-order valence-electron chi connectivity index (χ4n) is 0.647. The first-order valence-electron chi connectivity index (χ1n) is 3.61. The van der Waals surface area contributed by atoms with Crippen LogP contribution in [-0.2, 0) is 9.63 Å². The van der Waals surface area contributed by atoms with Gasteiger partial charge in [0.05, 0.1) is 5.54 Å². The van der Waals surface area contributed by atoms with Crippen LogP contribution in [0.15, 0.2) is 0 Å². The fourth-order valence-corrected chi connectivity index (χ4v) is 0.647. The van der Waals surface area contributed by atoms with Crippen molar-refractivity contribution in [3.63, 3.8) is 0 Å². The maximum absolute atomic E-state index is 11.5. The van der Waals surface area contributed by atoms with E-state index in [0.29, 0.717) is 12.8 Å². The molecule has 76 valence electrons. The van der Waals surface area contributed by atoms with E-state index in [2.05, 4.69) is 4.84 Å². The standard InChI is InChI=1S/C6H9F3N2O2/c7-6(8,9)3-13-11-4(12)5(10)1-2-5/h1-3,10H2,(H,11,12). The Bertz CT molecular complexity index is 212. The molecule has 0 aromatic rings. The molecule has 7 heteroatoms. The lowest BCUT2D eigenvalue weighted by atomic mass is 10.3. The van der Waals surface area contributed by atoms with Crippen molar-refractivity contribution in [2.75, 3.05) is 6.61 Å². The predicted octanol–water partition coefficient (Wildman–Crippen LogP) is 0.0878. The number of carbonyl (C=O) groups is 1. The van der Waals surface area contributed by atoms with Gasteiger partial charge in [-0.05, 0) is 12.8 Å². The van der Waals surface area contributed by atoms with E-state index in [4.69, 9.17) is 5.73 Å². The quantitative estimate of drug-likeness (QED) is 0.631. The molecule has 0 saturated heterocycles. The Morgan fingerprint density at radius 1 is 1.54 bits per heavy atom. The average Bonchev–Trinajstić information content (AvgIpc) is 2.66. The van der Waals surface area contributed by atoms with Crippen molar-refractivity contribution in [2.45, 2.75) is 24.6 Å². The van der Waals surface area contributed by atoms with Gasteiger partial charge in [0, 0.05) is 0 Å². The fraction of sp³-hybridized carbons (Fsp3) is 0.833. The number of amides is 1. The van der Waals surface area contributed by atoms with E-state index in [1.54, 1.807) is 5.48 Å². The topological polar surface area (TPSA) is 64.4 Å². The lowest BCUT2D eigenvalue weighted by Gasteiger charge is -2.11. The number of nitrogens with two attached hydrogens (primary N) is 1. The minimum Gasteiger partial charge on any atom is -0.317 e. The van der Waals surface area contributed by atoms with Gasteiger partial charge in [0.2, 0.25) is 0 Å².